The van der Waals surface area contributed by atoms with Crippen molar-refractivity contribution in [3.63, 3.8) is 0 Å². The number of carbonyl (C=O) groups is 1. The normalized spacial score (nSPS) is 15.0. The molecule has 0 aliphatic rings. The number of rotatable bonds is 6. The van der Waals surface area contributed by atoms with E-state index < -0.39 is 42.9 Å². The Labute approximate surface area is 94.8 Å². The lowest BCUT2D eigenvalue weighted by Gasteiger charge is -2.17. The van der Waals surface area contributed by atoms with E-state index in [2.05, 4.69) is 0 Å². The van der Waals surface area contributed by atoms with Gasteiger partial charge in [0, 0.05) is 6.26 Å². The van der Waals surface area contributed by atoms with Gasteiger partial charge in [0.05, 0.1) is 0 Å². The van der Waals surface area contributed by atoms with Gasteiger partial charge in [0.25, 0.3) is 0 Å². The molecule has 0 heterocycles. The summed E-state index contributed by atoms with van der Waals surface area (Å²) in [5.74, 6) is -1.82. The van der Waals surface area contributed by atoms with Gasteiger partial charge in [-0.25, -0.2) is 16.8 Å². The molecule has 9 heteroatoms. The van der Waals surface area contributed by atoms with Crippen LogP contribution in [0.1, 0.15) is 13.8 Å². The molecule has 16 heavy (non-hydrogen) atoms. The van der Waals surface area contributed by atoms with Crippen LogP contribution in [0.5, 0.6) is 0 Å². The summed E-state index contributed by atoms with van der Waals surface area (Å²) >= 11 is 0. The minimum Gasteiger partial charge on any atom is -0.480 e. The lowest BCUT2D eigenvalue weighted by atomic mass is 10.1. The van der Waals surface area contributed by atoms with E-state index in [1.165, 1.54) is 13.8 Å². The lowest BCUT2D eigenvalue weighted by Crippen LogP contribution is -2.45. The molecule has 0 rings (SSSR count). The summed E-state index contributed by atoms with van der Waals surface area (Å²) in [4.78, 5) is 10.7. The van der Waals surface area contributed by atoms with E-state index in [1.807, 2.05) is 4.72 Å². The van der Waals surface area contributed by atoms with Crippen molar-refractivity contribution < 1.29 is 26.7 Å². The topological polar surface area (TPSA) is 118 Å². The number of hydrogen-bond acceptors (Lipinski definition) is 5. The Morgan fingerprint density at radius 2 is 1.69 bits per heavy atom. The quantitative estimate of drug-likeness (QED) is 0.642. The smallest absolute Gasteiger partial charge is 0.321 e. The van der Waals surface area contributed by atoms with Crippen molar-refractivity contribution in [3.05, 3.63) is 0 Å². The molecular weight excluding hydrogens is 258 g/mol. The first kappa shape index (κ1) is 15.3. The van der Waals surface area contributed by atoms with Gasteiger partial charge in [-0.1, -0.05) is 13.8 Å². The van der Waals surface area contributed by atoms with Crippen LogP contribution in [0.25, 0.3) is 0 Å². The molecule has 7 nitrogen and oxygen atoms in total. The van der Waals surface area contributed by atoms with Crippen molar-refractivity contribution in [2.75, 3.05) is 11.3 Å². The van der Waals surface area contributed by atoms with Crippen LogP contribution < -0.4 is 4.72 Å². The van der Waals surface area contributed by atoms with E-state index in [1.54, 1.807) is 0 Å². The summed E-state index contributed by atoms with van der Waals surface area (Å²) < 4.78 is 46.1. The fraction of sp³-hybridized carbons (Fsp3) is 0.857. The molecule has 1 atom stereocenters. The van der Waals surface area contributed by atoms with Gasteiger partial charge in [-0.15, -0.1) is 0 Å². The highest BCUT2D eigenvalue weighted by atomic mass is 32.3. The molecule has 0 saturated heterocycles. The van der Waals surface area contributed by atoms with Crippen molar-refractivity contribution in [3.8, 4) is 0 Å². The molecule has 2 N–H and O–H groups in total. The van der Waals surface area contributed by atoms with Gasteiger partial charge in [-0.3, -0.25) is 4.79 Å². The van der Waals surface area contributed by atoms with Gasteiger partial charge in [-0.2, -0.15) is 4.72 Å². The van der Waals surface area contributed by atoms with Crippen LogP contribution in [-0.4, -0.2) is 45.3 Å². The van der Waals surface area contributed by atoms with Crippen LogP contribution in [0, 0.1) is 5.92 Å². The second-order valence-corrected chi connectivity index (χ2v) is 8.10. The van der Waals surface area contributed by atoms with Gasteiger partial charge in [-0.05, 0) is 5.92 Å². The van der Waals surface area contributed by atoms with Gasteiger partial charge in [0.1, 0.15) is 6.04 Å². The number of aliphatic carboxylic acids is 1. The molecule has 0 amide bonds. The molecular formula is C7H15NO6S2. The highest BCUT2D eigenvalue weighted by molar-refractivity contribution is 8.06. The van der Waals surface area contributed by atoms with Crippen LogP contribution in [0.15, 0.2) is 0 Å². The molecule has 96 valence electrons. The van der Waals surface area contributed by atoms with Crippen molar-refractivity contribution >= 4 is 25.8 Å². The van der Waals surface area contributed by atoms with Crippen LogP contribution in [0.4, 0.5) is 0 Å². The second-order valence-electron chi connectivity index (χ2n) is 3.84. The predicted molar refractivity (Wildman–Crippen MR) is 58.0 cm³/mol. The molecule has 0 saturated carbocycles. The SMILES string of the molecule is CC(C)C(NS(=O)(=O)CS(C)(=O)=O)C(=O)O. The molecule has 0 fully saturated rings. The first-order valence-electron chi connectivity index (χ1n) is 4.35. The summed E-state index contributed by atoms with van der Waals surface area (Å²) in [6, 6.07) is -1.33. The van der Waals surface area contributed by atoms with Crippen molar-refractivity contribution in [2.24, 2.45) is 5.92 Å². The first-order valence-corrected chi connectivity index (χ1v) is 8.06. The minimum atomic E-state index is -4.15. The fourth-order valence-corrected chi connectivity index (χ4v) is 4.27. The summed E-state index contributed by atoms with van der Waals surface area (Å²) in [5, 5.41) is 7.61. The third kappa shape index (κ3) is 6.03. The molecule has 0 spiro atoms. The molecule has 0 aromatic carbocycles. The van der Waals surface area contributed by atoms with Crippen molar-refractivity contribution in [2.45, 2.75) is 19.9 Å². The maximum absolute atomic E-state index is 11.3. The standard InChI is InChI=1S/C7H15NO6S2/c1-5(2)6(7(9)10)8-16(13,14)4-15(3,11)12/h5-6,8H,4H2,1-3H3,(H,9,10). The van der Waals surface area contributed by atoms with Crippen LogP contribution >= 0.6 is 0 Å². The molecule has 0 aromatic rings. The highest BCUT2D eigenvalue weighted by Crippen LogP contribution is 2.04. The van der Waals surface area contributed by atoms with Crippen LogP contribution in [0.2, 0.25) is 0 Å². The zero-order chi connectivity index (χ0) is 13.1. The monoisotopic (exact) mass is 273 g/mol. The third-order valence-electron chi connectivity index (χ3n) is 1.61. The fourth-order valence-electron chi connectivity index (χ4n) is 0.981. The Morgan fingerprint density at radius 1 is 1.25 bits per heavy atom. The van der Waals surface area contributed by atoms with E-state index >= 15 is 0 Å². The Kier molecular flexibility index (Phi) is 4.89. The number of carboxylic acid groups (broad SMARTS) is 1. The van der Waals surface area contributed by atoms with Gasteiger partial charge >= 0.3 is 5.97 Å². The van der Waals surface area contributed by atoms with E-state index in [-0.39, 0.29) is 0 Å². The predicted octanol–water partition coefficient (Wildman–Crippen LogP) is -0.983. The summed E-state index contributed by atoms with van der Waals surface area (Å²) in [7, 11) is -7.87. The van der Waals surface area contributed by atoms with Crippen LogP contribution in [-0.2, 0) is 24.7 Å². The largest absolute Gasteiger partial charge is 0.480 e. The number of sulfone groups is 1. The molecule has 0 aliphatic carbocycles. The van der Waals surface area contributed by atoms with E-state index in [4.69, 9.17) is 5.11 Å². The number of hydrogen-bond donors (Lipinski definition) is 2. The van der Waals surface area contributed by atoms with Crippen LogP contribution in [0.3, 0.4) is 0 Å². The summed E-state index contributed by atoms with van der Waals surface area (Å²) in [6.07, 6.45) is 0.761. The average molecular weight is 273 g/mol. The minimum absolute atomic E-state index is 0.480. The zero-order valence-electron chi connectivity index (χ0n) is 9.17. The van der Waals surface area contributed by atoms with Gasteiger partial charge < -0.3 is 5.11 Å². The molecule has 0 bridgehead atoms. The molecule has 0 aliphatic heterocycles. The molecule has 0 aromatic heterocycles. The van der Waals surface area contributed by atoms with Gasteiger partial charge in [0.15, 0.2) is 14.9 Å². The van der Waals surface area contributed by atoms with E-state index in [9.17, 15) is 21.6 Å². The first-order chi connectivity index (χ1) is 6.94. The van der Waals surface area contributed by atoms with E-state index in [0.717, 1.165) is 6.26 Å². The zero-order valence-corrected chi connectivity index (χ0v) is 10.8. The third-order valence-corrected chi connectivity index (χ3v) is 5.18. The summed E-state index contributed by atoms with van der Waals surface area (Å²) in [5.41, 5.74) is 0. The second kappa shape index (κ2) is 5.11. The lowest BCUT2D eigenvalue weighted by molar-refractivity contribution is -0.140. The Morgan fingerprint density at radius 3 is 1.94 bits per heavy atom. The number of carboxylic acids is 1. The number of sulfonamides is 1. The van der Waals surface area contributed by atoms with E-state index in [0.29, 0.717) is 0 Å². The Bertz CT molecular complexity index is 449. The maximum atomic E-state index is 11.3. The van der Waals surface area contributed by atoms with Crippen molar-refractivity contribution in [1.82, 2.24) is 4.72 Å². The average Bonchev–Trinajstić information content (AvgIpc) is 1.94. The molecule has 1 unspecified atom stereocenters. The number of nitrogens with one attached hydrogen (secondary N) is 1. The maximum Gasteiger partial charge on any atom is 0.321 e. The Balaban J connectivity index is 4.89. The highest BCUT2D eigenvalue weighted by Gasteiger charge is 2.28. The molecule has 0 radical (unpaired) electrons. The summed E-state index contributed by atoms with van der Waals surface area (Å²) in [6.45, 7) is 3.03. The van der Waals surface area contributed by atoms with Gasteiger partial charge in [0.2, 0.25) is 10.0 Å². The van der Waals surface area contributed by atoms with Crippen molar-refractivity contribution in [1.29, 1.82) is 0 Å². The Hall–Kier alpha value is -0.670.